The first kappa shape index (κ1) is 13.8. The standard InChI is InChI=1S/C12H20N4O3/c1-4-7-10(13)11(15-14-7)12(17)16-5-8(18-2)9(6-16)19-3/h8-9H,4-6,13H2,1-3H3,(H,14,15). The Morgan fingerprint density at radius 2 is 2.00 bits per heavy atom. The summed E-state index contributed by atoms with van der Waals surface area (Å²) >= 11 is 0. The average molecular weight is 268 g/mol. The first-order valence-electron chi connectivity index (χ1n) is 6.29. The summed E-state index contributed by atoms with van der Waals surface area (Å²) < 4.78 is 10.6. The third-order valence-corrected chi connectivity index (χ3v) is 3.55. The smallest absolute Gasteiger partial charge is 0.276 e. The lowest BCUT2D eigenvalue weighted by Gasteiger charge is -2.14. The SMILES string of the molecule is CCc1[nH]nc(C(=O)N2CC(OC)C(OC)C2)c1N. The molecule has 0 saturated carbocycles. The summed E-state index contributed by atoms with van der Waals surface area (Å²) in [5, 5.41) is 6.80. The largest absolute Gasteiger partial charge is 0.395 e. The van der Waals surface area contributed by atoms with Crippen molar-refractivity contribution >= 4 is 11.6 Å². The molecule has 0 aromatic carbocycles. The number of rotatable bonds is 4. The van der Waals surface area contributed by atoms with Crippen LogP contribution in [0, 0.1) is 0 Å². The number of nitrogens with zero attached hydrogens (tertiary/aromatic N) is 2. The molecular formula is C12H20N4O3. The van der Waals surface area contributed by atoms with Gasteiger partial charge >= 0.3 is 0 Å². The molecule has 0 aliphatic carbocycles. The number of methoxy groups -OCH3 is 2. The first-order chi connectivity index (χ1) is 9.12. The van der Waals surface area contributed by atoms with Crippen LogP contribution >= 0.6 is 0 Å². The lowest BCUT2D eigenvalue weighted by Crippen LogP contribution is -2.30. The molecule has 1 amide bonds. The number of anilines is 1. The van der Waals surface area contributed by atoms with Crippen molar-refractivity contribution in [1.29, 1.82) is 0 Å². The molecule has 2 unspecified atom stereocenters. The summed E-state index contributed by atoms with van der Waals surface area (Å²) in [7, 11) is 3.23. The van der Waals surface area contributed by atoms with Crippen LogP contribution in [0.1, 0.15) is 23.1 Å². The molecule has 3 N–H and O–H groups in total. The minimum Gasteiger partial charge on any atom is -0.395 e. The summed E-state index contributed by atoms with van der Waals surface area (Å²) in [5.74, 6) is -0.185. The molecule has 1 aliphatic rings. The number of nitrogens with two attached hydrogens (primary N) is 1. The molecule has 7 heteroatoms. The molecule has 1 aromatic rings. The van der Waals surface area contributed by atoms with E-state index in [1.165, 1.54) is 0 Å². The number of carbonyl (C=O) groups excluding carboxylic acids is 1. The molecule has 19 heavy (non-hydrogen) atoms. The van der Waals surface area contributed by atoms with Gasteiger partial charge in [0.15, 0.2) is 5.69 Å². The molecule has 1 aromatic heterocycles. The van der Waals surface area contributed by atoms with E-state index in [4.69, 9.17) is 15.2 Å². The normalized spacial score (nSPS) is 23.0. The van der Waals surface area contributed by atoms with Crippen LogP contribution in [0.15, 0.2) is 0 Å². The number of H-pyrrole nitrogens is 1. The summed E-state index contributed by atoms with van der Waals surface area (Å²) in [6, 6.07) is 0. The second kappa shape index (κ2) is 5.58. The Kier molecular flexibility index (Phi) is 4.06. The highest BCUT2D eigenvalue weighted by atomic mass is 16.5. The second-order valence-electron chi connectivity index (χ2n) is 4.58. The van der Waals surface area contributed by atoms with Crippen molar-refractivity contribution in [3.63, 3.8) is 0 Å². The van der Waals surface area contributed by atoms with Crippen molar-refractivity contribution < 1.29 is 14.3 Å². The fourth-order valence-corrected chi connectivity index (χ4v) is 2.33. The third kappa shape index (κ3) is 2.43. The van der Waals surface area contributed by atoms with Crippen molar-refractivity contribution in [2.24, 2.45) is 0 Å². The van der Waals surface area contributed by atoms with Crippen LogP contribution in [0.3, 0.4) is 0 Å². The van der Waals surface area contributed by atoms with Crippen molar-refractivity contribution in [3.05, 3.63) is 11.4 Å². The number of aromatic nitrogens is 2. The highest BCUT2D eigenvalue weighted by Gasteiger charge is 2.37. The van der Waals surface area contributed by atoms with Crippen LogP contribution < -0.4 is 5.73 Å². The fourth-order valence-electron chi connectivity index (χ4n) is 2.33. The highest BCUT2D eigenvalue weighted by Crippen LogP contribution is 2.21. The highest BCUT2D eigenvalue weighted by molar-refractivity contribution is 5.97. The number of aromatic amines is 1. The van der Waals surface area contributed by atoms with E-state index in [0.717, 1.165) is 5.69 Å². The molecule has 7 nitrogen and oxygen atoms in total. The molecule has 1 aliphatic heterocycles. The van der Waals surface area contributed by atoms with E-state index in [0.29, 0.717) is 25.2 Å². The molecule has 0 spiro atoms. The van der Waals surface area contributed by atoms with E-state index in [1.807, 2.05) is 6.92 Å². The Bertz CT molecular complexity index is 448. The van der Waals surface area contributed by atoms with E-state index >= 15 is 0 Å². The molecule has 0 bridgehead atoms. The van der Waals surface area contributed by atoms with Gasteiger partial charge in [0.2, 0.25) is 0 Å². The fraction of sp³-hybridized carbons (Fsp3) is 0.667. The summed E-state index contributed by atoms with van der Waals surface area (Å²) in [6.45, 7) is 2.93. The molecule has 2 atom stereocenters. The minimum atomic E-state index is -0.185. The molecule has 0 radical (unpaired) electrons. The maximum atomic E-state index is 12.4. The van der Waals surface area contributed by atoms with E-state index < -0.39 is 0 Å². The summed E-state index contributed by atoms with van der Waals surface area (Å²) in [4.78, 5) is 14.0. The number of hydrogen-bond donors (Lipinski definition) is 2. The third-order valence-electron chi connectivity index (χ3n) is 3.55. The van der Waals surface area contributed by atoms with Gasteiger partial charge in [0.05, 0.1) is 11.4 Å². The molecule has 2 rings (SSSR count). The number of nitrogens with one attached hydrogen (secondary N) is 1. The molecule has 106 valence electrons. The van der Waals surface area contributed by atoms with Gasteiger partial charge in [-0.15, -0.1) is 0 Å². The van der Waals surface area contributed by atoms with Crippen LogP contribution in [-0.2, 0) is 15.9 Å². The average Bonchev–Trinajstić information content (AvgIpc) is 3.00. The quantitative estimate of drug-likeness (QED) is 0.804. The zero-order valence-electron chi connectivity index (χ0n) is 11.5. The maximum absolute atomic E-state index is 12.4. The number of hydrogen-bond acceptors (Lipinski definition) is 5. The Morgan fingerprint density at radius 1 is 1.42 bits per heavy atom. The topological polar surface area (TPSA) is 93.5 Å². The van der Waals surface area contributed by atoms with E-state index in [-0.39, 0.29) is 23.8 Å². The molecule has 2 heterocycles. The van der Waals surface area contributed by atoms with Gasteiger partial charge in [0.25, 0.3) is 5.91 Å². The Hall–Kier alpha value is -1.60. The van der Waals surface area contributed by atoms with E-state index in [2.05, 4.69) is 10.2 Å². The molecule has 1 saturated heterocycles. The van der Waals surface area contributed by atoms with Gasteiger partial charge in [-0.2, -0.15) is 5.10 Å². The zero-order chi connectivity index (χ0) is 14.0. The summed E-state index contributed by atoms with van der Waals surface area (Å²) in [5.41, 5.74) is 7.41. The van der Waals surface area contributed by atoms with Crippen molar-refractivity contribution in [2.75, 3.05) is 33.0 Å². The number of carbonyl (C=O) groups is 1. The van der Waals surface area contributed by atoms with Gasteiger partial charge in [0.1, 0.15) is 12.2 Å². The summed E-state index contributed by atoms with van der Waals surface area (Å²) in [6.07, 6.45) is 0.493. The van der Waals surface area contributed by atoms with Gasteiger partial charge < -0.3 is 20.1 Å². The van der Waals surface area contributed by atoms with Crippen molar-refractivity contribution in [1.82, 2.24) is 15.1 Å². The van der Waals surface area contributed by atoms with Gasteiger partial charge in [-0.05, 0) is 6.42 Å². The zero-order valence-corrected chi connectivity index (χ0v) is 11.5. The predicted octanol–water partition coefficient (Wildman–Crippen LogP) is 0.0401. The lowest BCUT2D eigenvalue weighted by atomic mass is 10.2. The van der Waals surface area contributed by atoms with Gasteiger partial charge in [0, 0.05) is 27.3 Å². The molecule has 1 fully saturated rings. The number of likely N-dealkylation sites (tertiary alicyclic amines) is 1. The number of ether oxygens (including phenoxy) is 2. The monoisotopic (exact) mass is 268 g/mol. The number of amides is 1. The number of nitrogen functional groups attached to an aromatic ring is 1. The minimum absolute atomic E-state index is 0.111. The van der Waals surface area contributed by atoms with Crippen LogP contribution in [0.25, 0.3) is 0 Å². The molecular weight excluding hydrogens is 248 g/mol. The Labute approximate surface area is 112 Å². The van der Waals surface area contributed by atoms with Crippen LogP contribution in [0.2, 0.25) is 0 Å². The van der Waals surface area contributed by atoms with Crippen LogP contribution in [0.4, 0.5) is 5.69 Å². The van der Waals surface area contributed by atoms with Gasteiger partial charge in [-0.1, -0.05) is 6.92 Å². The predicted molar refractivity (Wildman–Crippen MR) is 69.9 cm³/mol. The second-order valence-corrected chi connectivity index (χ2v) is 4.58. The maximum Gasteiger partial charge on any atom is 0.276 e. The Balaban J connectivity index is 2.14. The van der Waals surface area contributed by atoms with Crippen molar-refractivity contribution in [2.45, 2.75) is 25.6 Å². The lowest BCUT2D eigenvalue weighted by molar-refractivity contribution is -0.00461. The van der Waals surface area contributed by atoms with Gasteiger partial charge in [-0.25, -0.2) is 0 Å². The Morgan fingerprint density at radius 3 is 2.42 bits per heavy atom. The van der Waals surface area contributed by atoms with Crippen molar-refractivity contribution in [3.8, 4) is 0 Å². The van der Waals surface area contributed by atoms with Crippen LogP contribution in [0.5, 0.6) is 0 Å². The van der Waals surface area contributed by atoms with E-state index in [1.54, 1.807) is 19.1 Å². The number of aryl methyl sites for hydroxylation is 1. The first-order valence-corrected chi connectivity index (χ1v) is 6.29. The van der Waals surface area contributed by atoms with Crippen LogP contribution in [-0.4, -0.2) is 60.5 Å². The van der Waals surface area contributed by atoms with Gasteiger partial charge in [-0.3, -0.25) is 9.89 Å². The van der Waals surface area contributed by atoms with E-state index in [9.17, 15) is 4.79 Å².